The fraction of sp³-hybridized carbons (Fsp3) is 0.583. The summed E-state index contributed by atoms with van der Waals surface area (Å²) in [4.78, 5) is 59.1. The van der Waals surface area contributed by atoms with Gasteiger partial charge in [-0.05, 0) is 12.8 Å². The average molecular weight is 299 g/mol. The summed E-state index contributed by atoms with van der Waals surface area (Å²) in [6, 6.07) is -0.863. The predicted molar refractivity (Wildman–Crippen MR) is 68.8 cm³/mol. The summed E-state index contributed by atoms with van der Waals surface area (Å²) >= 11 is 0. The highest BCUT2D eigenvalue weighted by Crippen LogP contribution is 2.13. The molecular formula is C12H17N3O6. The van der Waals surface area contributed by atoms with E-state index in [0.717, 1.165) is 4.90 Å². The molecule has 1 N–H and O–H groups in total. The molecule has 0 bridgehead atoms. The van der Waals surface area contributed by atoms with E-state index in [9.17, 15) is 24.0 Å². The molecule has 21 heavy (non-hydrogen) atoms. The van der Waals surface area contributed by atoms with Gasteiger partial charge in [0.1, 0.15) is 6.54 Å². The number of nitrogens with one attached hydrogen (secondary N) is 1. The molecule has 1 aliphatic rings. The molecule has 116 valence electrons. The van der Waals surface area contributed by atoms with Gasteiger partial charge in [-0.25, -0.2) is 14.5 Å². The van der Waals surface area contributed by atoms with Crippen LogP contribution in [0.25, 0.3) is 0 Å². The molecule has 1 rings (SSSR count). The van der Waals surface area contributed by atoms with Gasteiger partial charge in [0.25, 0.3) is 0 Å². The first-order valence-corrected chi connectivity index (χ1v) is 6.41. The first-order chi connectivity index (χ1) is 9.77. The maximum absolute atomic E-state index is 11.9. The lowest BCUT2D eigenvalue weighted by Crippen LogP contribution is -2.43. The summed E-state index contributed by atoms with van der Waals surface area (Å²) in [5, 5.41) is 1.84. The van der Waals surface area contributed by atoms with Gasteiger partial charge in [0.05, 0.1) is 6.61 Å². The molecule has 0 radical (unpaired) electrons. The van der Waals surface area contributed by atoms with Crippen molar-refractivity contribution in [2.24, 2.45) is 5.92 Å². The maximum atomic E-state index is 11.9. The van der Waals surface area contributed by atoms with E-state index < -0.39 is 36.4 Å². The Morgan fingerprint density at radius 2 is 1.71 bits per heavy atom. The van der Waals surface area contributed by atoms with Crippen molar-refractivity contribution >= 4 is 29.8 Å². The number of nitrogens with zero attached hydrogens (tertiary/aromatic N) is 2. The zero-order chi connectivity index (χ0) is 16.2. The Labute approximate surface area is 121 Å². The average Bonchev–Trinajstić information content (AvgIpc) is 2.56. The molecule has 9 heteroatoms. The molecule has 1 saturated heterocycles. The molecule has 0 aromatic heterocycles. The summed E-state index contributed by atoms with van der Waals surface area (Å²) in [5.74, 6) is -2.98. The number of rotatable bonds is 5. The van der Waals surface area contributed by atoms with E-state index in [1.165, 1.54) is 0 Å². The Bertz CT molecular complexity index is 487. The van der Waals surface area contributed by atoms with E-state index in [2.05, 4.69) is 4.74 Å². The lowest BCUT2D eigenvalue weighted by Gasteiger charge is -2.16. The van der Waals surface area contributed by atoms with Gasteiger partial charge in [-0.1, -0.05) is 13.8 Å². The van der Waals surface area contributed by atoms with E-state index in [1.807, 2.05) is 5.32 Å². The Balaban J connectivity index is 2.69. The van der Waals surface area contributed by atoms with Crippen LogP contribution >= 0.6 is 0 Å². The van der Waals surface area contributed by atoms with Crippen LogP contribution in [0.1, 0.15) is 20.8 Å². The van der Waals surface area contributed by atoms with Crippen molar-refractivity contribution in [3.05, 3.63) is 0 Å². The minimum atomic E-state index is -1.08. The lowest BCUT2D eigenvalue weighted by molar-refractivity contribution is -0.144. The molecule has 1 heterocycles. The Hall–Kier alpha value is -2.45. The van der Waals surface area contributed by atoms with Gasteiger partial charge in [0, 0.05) is 6.54 Å². The Morgan fingerprint density at radius 1 is 1.14 bits per heavy atom. The Morgan fingerprint density at radius 3 is 2.24 bits per heavy atom. The van der Waals surface area contributed by atoms with Crippen LogP contribution in [-0.4, -0.2) is 59.3 Å². The van der Waals surface area contributed by atoms with Gasteiger partial charge in [-0.3, -0.25) is 24.6 Å². The summed E-state index contributed by atoms with van der Waals surface area (Å²) in [5.41, 5.74) is 0. The second kappa shape index (κ2) is 6.82. The summed E-state index contributed by atoms with van der Waals surface area (Å²) in [7, 11) is 0. The Kier molecular flexibility index (Phi) is 5.39. The normalized spacial score (nSPS) is 15.0. The lowest BCUT2D eigenvalue weighted by atomic mass is 10.2. The molecular weight excluding hydrogens is 282 g/mol. The summed E-state index contributed by atoms with van der Waals surface area (Å²) < 4.78 is 4.49. The van der Waals surface area contributed by atoms with Crippen LogP contribution in [0.2, 0.25) is 0 Å². The molecule has 0 saturated carbocycles. The molecule has 0 aliphatic carbocycles. The van der Waals surface area contributed by atoms with Crippen molar-refractivity contribution in [2.75, 3.05) is 19.7 Å². The van der Waals surface area contributed by atoms with E-state index >= 15 is 0 Å². The number of hydrogen-bond acceptors (Lipinski definition) is 6. The van der Waals surface area contributed by atoms with Gasteiger partial charge in [-0.2, -0.15) is 0 Å². The number of amides is 6. The number of ether oxygens (including phenoxy) is 1. The highest BCUT2D eigenvalue weighted by atomic mass is 16.5. The van der Waals surface area contributed by atoms with Crippen molar-refractivity contribution in [1.82, 2.24) is 15.1 Å². The quantitative estimate of drug-likeness (QED) is 0.551. The zero-order valence-electron chi connectivity index (χ0n) is 12.0. The van der Waals surface area contributed by atoms with Gasteiger partial charge in [0.2, 0.25) is 5.91 Å². The van der Waals surface area contributed by atoms with E-state index in [4.69, 9.17) is 0 Å². The SMILES string of the molecule is CCOC(=O)NC(=O)CN1C(=O)C(=O)N(CC(C)C)C1=O. The number of carbonyl (C=O) groups is 5. The number of carbonyl (C=O) groups excluding carboxylic acids is 5. The van der Waals surface area contributed by atoms with Crippen LogP contribution in [-0.2, 0) is 19.1 Å². The number of hydrogen-bond donors (Lipinski definition) is 1. The van der Waals surface area contributed by atoms with E-state index in [1.54, 1.807) is 20.8 Å². The highest BCUT2D eigenvalue weighted by Gasteiger charge is 2.45. The summed E-state index contributed by atoms with van der Waals surface area (Å²) in [6.45, 7) is 4.56. The van der Waals surface area contributed by atoms with Crippen molar-refractivity contribution < 1.29 is 28.7 Å². The van der Waals surface area contributed by atoms with E-state index in [0.29, 0.717) is 4.90 Å². The number of imide groups is 3. The molecule has 6 amide bonds. The fourth-order valence-corrected chi connectivity index (χ4v) is 1.68. The van der Waals surface area contributed by atoms with Gasteiger partial charge in [0.15, 0.2) is 0 Å². The van der Waals surface area contributed by atoms with E-state index in [-0.39, 0.29) is 19.1 Å². The smallest absolute Gasteiger partial charge is 0.413 e. The third-order valence-corrected chi connectivity index (χ3v) is 2.50. The molecule has 0 spiro atoms. The van der Waals surface area contributed by atoms with Crippen molar-refractivity contribution in [3.63, 3.8) is 0 Å². The van der Waals surface area contributed by atoms with Gasteiger partial charge >= 0.3 is 23.9 Å². The van der Waals surface area contributed by atoms with Gasteiger partial charge < -0.3 is 4.74 Å². The zero-order valence-corrected chi connectivity index (χ0v) is 12.0. The third-order valence-electron chi connectivity index (χ3n) is 2.50. The molecule has 0 unspecified atom stereocenters. The summed E-state index contributed by atoms with van der Waals surface area (Å²) in [6.07, 6.45) is -0.980. The van der Waals surface area contributed by atoms with Crippen LogP contribution < -0.4 is 5.32 Å². The van der Waals surface area contributed by atoms with Crippen molar-refractivity contribution in [1.29, 1.82) is 0 Å². The predicted octanol–water partition coefficient (Wildman–Crippen LogP) is -0.294. The molecule has 0 atom stereocenters. The molecule has 1 aliphatic heterocycles. The van der Waals surface area contributed by atoms with Crippen LogP contribution in [0.5, 0.6) is 0 Å². The topological polar surface area (TPSA) is 113 Å². The molecule has 0 aromatic rings. The molecule has 1 fully saturated rings. The first-order valence-electron chi connectivity index (χ1n) is 6.41. The number of alkyl carbamates (subject to hydrolysis) is 1. The largest absolute Gasteiger partial charge is 0.450 e. The third kappa shape index (κ3) is 4.01. The minimum Gasteiger partial charge on any atom is -0.450 e. The van der Waals surface area contributed by atoms with Crippen molar-refractivity contribution in [2.45, 2.75) is 20.8 Å². The number of urea groups is 1. The molecule has 0 aromatic carbocycles. The van der Waals surface area contributed by atoms with Crippen LogP contribution in [0, 0.1) is 5.92 Å². The van der Waals surface area contributed by atoms with Gasteiger partial charge in [-0.15, -0.1) is 0 Å². The standard InChI is InChI=1S/C12H17N3O6/c1-4-21-11(19)13-8(16)6-15-10(18)9(17)14(12(15)20)5-7(2)3/h7H,4-6H2,1-3H3,(H,13,16,19). The second-order valence-corrected chi connectivity index (χ2v) is 4.75. The fourth-order valence-electron chi connectivity index (χ4n) is 1.68. The van der Waals surface area contributed by atoms with Crippen LogP contribution in [0.4, 0.5) is 9.59 Å². The van der Waals surface area contributed by atoms with Crippen molar-refractivity contribution in [3.8, 4) is 0 Å². The van der Waals surface area contributed by atoms with Crippen LogP contribution in [0.3, 0.4) is 0 Å². The second-order valence-electron chi connectivity index (χ2n) is 4.75. The molecule has 9 nitrogen and oxygen atoms in total. The highest BCUT2D eigenvalue weighted by molar-refractivity contribution is 6.45. The minimum absolute atomic E-state index is 0.0148. The monoisotopic (exact) mass is 299 g/mol. The maximum Gasteiger partial charge on any atom is 0.413 e. The van der Waals surface area contributed by atoms with Crippen LogP contribution in [0.15, 0.2) is 0 Å². The first kappa shape index (κ1) is 16.6.